The van der Waals surface area contributed by atoms with Crippen LogP contribution in [0.2, 0.25) is 0 Å². The van der Waals surface area contributed by atoms with Gasteiger partial charge in [0.2, 0.25) is 0 Å². The van der Waals surface area contributed by atoms with Crippen molar-refractivity contribution in [3.63, 3.8) is 0 Å². The molecule has 6 nitrogen and oxygen atoms in total. The number of nitrogens with zero attached hydrogens (tertiary/aromatic N) is 2. The predicted octanol–water partition coefficient (Wildman–Crippen LogP) is 4.04. The number of rotatable bonds is 6. The van der Waals surface area contributed by atoms with E-state index >= 15 is 0 Å². The van der Waals surface area contributed by atoms with Crippen LogP contribution in [0.4, 0.5) is 0 Å². The molecule has 1 aromatic carbocycles. The van der Waals surface area contributed by atoms with E-state index in [9.17, 15) is 9.90 Å². The number of aryl methyl sites for hydroxylation is 2. The molecular weight excluding hydrogens is 340 g/mol. The molecule has 0 amide bonds. The number of carboxylic acids is 1. The Balaban J connectivity index is 2.29. The number of benzene rings is 1. The minimum Gasteiger partial charge on any atom is -0.493 e. The maximum Gasteiger partial charge on any atom is 0.354 e. The van der Waals surface area contributed by atoms with Crippen LogP contribution >= 0.6 is 11.3 Å². The quantitative estimate of drug-likeness (QED) is 0.718. The fourth-order valence-corrected chi connectivity index (χ4v) is 4.02. The van der Waals surface area contributed by atoms with Gasteiger partial charge in [0.15, 0.2) is 22.2 Å². The second kappa shape index (κ2) is 6.76. The lowest BCUT2D eigenvalue weighted by Crippen LogP contribution is -2.06. The van der Waals surface area contributed by atoms with Crippen LogP contribution in [0.25, 0.3) is 16.2 Å². The number of hydrogen-bond acceptors (Lipinski definition) is 5. The number of carbonyl (C=O) groups is 1. The molecule has 3 rings (SSSR count). The van der Waals surface area contributed by atoms with E-state index in [4.69, 9.17) is 9.47 Å². The first-order valence-electron chi connectivity index (χ1n) is 7.98. The molecular formula is C18H20N2O4S. The standard InChI is InChI=1S/C18H20N2O4S/c1-5-6-12-16(17(21)22)20-15(10(2)25-18(20)19-12)11-7-8-13(23-3)14(9-11)24-4/h7-9H,5-6H2,1-4H3,(H,21,22). The number of hydrogen-bond donors (Lipinski definition) is 1. The van der Waals surface area contributed by atoms with Gasteiger partial charge in [-0.15, -0.1) is 11.3 Å². The maximum absolute atomic E-state index is 11.9. The van der Waals surface area contributed by atoms with Gasteiger partial charge in [0.05, 0.1) is 25.6 Å². The van der Waals surface area contributed by atoms with Crippen molar-refractivity contribution in [2.24, 2.45) is 0 Å². The van der Waals surface area contributed by atoms with Gasteiger partial charge in [-0.25, -0.2) is 9.78 Å². The minimum atomic E-state index is -0.963. The topological polar surface area (TPSA) is 73.1 Å². The molecule has 0 spiro atoms. The zero-order valence-electron chi connectivity index (χ0n) is 14.6. The lowest BCUT2D eigenvalue weighted by atomic mass is 10.1. The highest BCUT2D eigenvalue weighted by molar-refractivity contribution is 7.17. The summed E-state index contributed by atoms with van der Waals surface area (Å²) in [4.78, 5) is 18.1. The van der Waals surface area contributed by atoms with Crippen LogP contribution in [0, 0.1) is 6.92 Å². The predicted molar refractivity (Wildman–Crippen MR) is 97.3 cm³/mol. The van der Waals surface area contributed by atoms with E-state index in [1.807, 2.05) is 32.0 Å². The average Bonchev–Trinajstić information content (AvgIpc) is 3.08. The summed E-state index contributed by atoms with van der Waals surface area (Å²) in [6.45, 7) is 3.98. The normalized spacial score (nSPS) is 11.0. The Hall–Kier alpha value is -2.54. The van der Waals surface area contributed by atoms with Gasteiger partial charge >= 0.3 is 5.97 Å². The van der Waals surface area contributed by atoms with E-state index in [1.54, 1.807) is 18.6 Å². The summed E-state index contributed by atoms with van der Waals surface area (Å²) in [5.74, 6) is 0.270. The second-order valence-electron chi connectivity index (χ2n) is 5.66. The Morgan fingerprint density at radius 3 is 2.60 bits per heavy atom. The Labute approximate surface area is 149 Å². The van der Waals surface area contributed by atoms with Gasteiger partial charge in [-0.1, -0.05) is 13.3 Å². The molecule has 2 heterocycles. The number of methoxy groups -OCH3 is 2. The average molecular weight is 360 g/mol. The first kappa shape index (κ1) is 17.3. The van der Waals surface area contributed by atoms with Crippen LogP contribution in [0.5, 0.6) is 11.5 Å². The van der Waals surface area contributed by atoms with Crippen LogP contribution < -0.4 is 9.47 Å². The van der Waals surface area contributed by atoms with Crippen molar-refractivity contribution < 1.29 is 19.4 Å². The van der Waals surface area contributed by atoms with Gasteiger partial charge in [0.25, 0.3) is 0 Å². The summed E-state index contributed by atoms with van der Waals surface area (Å²) in [5.41, 5.74) is 2.56. The zero-order valence-corrected chi connectivity index (χ0v) is 15.4. The van der Waals surface area contributed by atoms with E-state index in [0.29, 0.717) is 28.6 Å². The lowest BCUT2D eigenvalue weighted by Gasteiger charge is -2.10. The van der Waals surface area contributed by atoms with Gasteiger partial charge in [-0.2, -0.15) is 0 Å². The number of fused-ring (bicyclic) bond motifs is 1. The summed E-state index contributed by atoms with van der Waals surface area (Å²) in [5, 5.41) is 9.74. The third-order valence-corrected chi connectivity index (χ3v) is 5.02. The molecule has 1 N–H and O–H groups in total. The van der Waals surface area contributed by atoms with Crippen molar-refractivity contribution in [1.29, 1.82) is 0 Å². The molecule has 0 saturated carbocycles. The number of imidazole rings is 1. The van der Waals surface area contributed by atoms with Gasteiger partial charge in [0, 0.05) is 10.4 Å². The third-order valence-electron chi connectivity index (χ3n) is 4.07. The van der Waals surface area contributed by atoms with Crippen LogP contribution in [0.1, 0.15) is 34.4 Å². The molecule has 0 unspecified atom stereocenters. The summed E-state index contributed by atoms with van der Waals surface area (Å²) in [7, 11) is 3.16. The van der Waals surface area contributed by atoms with Gasteiger partial charge < -0.3 is 14.6 Å². The largest absolute Gasteiger partial charge is 0.493 e. The van der Waals surface area contributed by atoms with Crippen molar-refractivity contribution >= 4 is 22.3 Å². The molecule has 2 aromatic heterocycles. The first-order valence-corrected chi connectivity index (χ1v) is 8.79. The Bertz CT molecular complexity index is 942. The summed E-state index contributed by atoms with van der Waals surface area (Å²) in [6, 6.07) is 5.58. The Morgan fingerprint density at radius 1 is 1.28 bits per heavy atom. The minimum absolute atomic E-state index is 0.242. The maximum atomic E-state index is 11.9. The fraction of sp³-hybridized carbons (Fsp3) is 0.333. The van der Waals surface area contributed by atoms with E-state index in [2.05, 4.69) is 4.98 Å². The molecule has 25 heavy (non-hydrogen) atoms. The van der Waals surface area contributed by atoms with Crippen molar-refractivity contribution in [1.82, 2.24) is 9.38 Å². The molecule has 0 aliphatic rings. The van der Waals surface area contributed by atoms with Crippen molar-refractivity contribution in [3.05, 3.63) is 34.5 Å². The summed E-state index contributed by atoms with van der Waals surface area (Å²) >= 11 is 1.49. The molecule has 0 fully saturated rings. The number of thiazole rings is 1. The highest BCUT2D eigenvalue weighted by atomic mass is 32.1. The number of aromatic nitrogens is 2. The van der Waals surface area contributed by atoms with Gasteiger partial charge in [-0.05, 0) is 31.5 Å². The highest BCUT2D eigenvalue weighted by Crippen LogP contribution is 2.37. The smallest absolute Gasteiger partial charge is 0.354 e. The molecule has 0 atom stereocenters. The molecule has 132 valence electrons. The third kappa shape index (κ3) is 2.84. The number of carboxylic acid groups (broad SMARTS) is 1. The number of aromatic carboxylic acids is 1. The van der Waals surface area contributed by atoms with Crippen LogP contribution in [0.3, 0.4) is 0 Å². The second-order valence-corrected chi connectivity index (χ2v) is 6.84. The zero-order chi connectivity index (χ0) is 18.1. The molecule has 7 heteroatoms. The first-order chi connectivity index (χ1) is 12.0. The molecule has 3 aromatic rings. The highest BCUT2D eigenvalue weighted by Gasteiger charge is 2.24. The van der Waals surface area contributed by atoms with E-state index in [-0.39, 0.29) is 5.69 Å². The molecule has 0 saturated heterocycles. The Morgan fingerprint density at radius 2 is 2.00 bits per heavy atom. The molecule has 0 aliphatic heterocycles. The van der Waals surface area contributed by atoms with Crippen molar-refractivity contribution in [2.75, 3.05) is 14.2 Å². The van der Waals surface area contributed by atoms with Crippen molar-refractivity contribution in [3.8, 4) is 22.8 Å². The number of ether oxygens (including phenoxy) is 2. The summed E-state index contributed by atoms with van der Waals surface area (Å²) < 4.78 is 12.4. The van der Waals surface area contributed by atoms with Crippen LogP contribution in [0.15, 0.2) is 18.2 Å². The van der Waals surface area contributed by atoms with E-state index < -0.39 is 5.97 Å². The fourth-order valence-electron chi connectivity index (χ4n) is 3.01. The summed E-state index contributed by atoms with van der Waals surface area (Å²) in [6.07, 6.45) is 1.48. The van der Waals surface area contributed by atoms with Gasteiger partial charge in [0.1, 0.15) is 0 Å². The molecule has 0 aliphatic carbocycles. The van der Waals surface area contributed by atoms with Crippen LogP contribution in [-0.2, 0) is 6.42 Å². The SMILES string of the molecule is CCCc1nc2sc(C)c(-c3ccc(OC)c(OC)c3)n2c1C(=O)O. The molecule has 0 bridgehead atoms. The Kier molecular flexibility index (Phi) is 4.67. The van der Waals surface area contributed by atoms with Crippen molar-refractivity contribution in [2.45, 2.75) is 26.7 Å². The van der Waals surface area contributed by atoms with Crippen LogP contribution in [-0.4, -0.2) is 34.7 Å². The monoisotopic (exact) mass is 360 g/mol. The van der Waals surface area contributed by atoms with Gasteiger partial charge in [-0.3, -0.25) is 4.40 Å². The van der Waals surface area contributed by atoms with E-state index in [0.717, 1.165) is 22.6 Å². The molecule has 0 radical (unpaired) electrons. The lowest BCUT2D eigenvalue weighted by molar-refractivity contribution is 0.0688. The van der Waals surface area contributed by atoms with E-state index in [1.165, 1.54) is 11.3 Å².